The molecule has 0 radical (unpaired) electrons. The van der Waals surface area contributed by atoms with Crippen LogP contribution in [0.25, 0.3) is 5.69 Å². The Hall–Kier alpha value is -1.98. The topological polar surface area (TPSA) is 59.7 Å². The molecule has 0 aromatic carbocycles. The van der Waals surface area contributed by atoms with E-state index in [1.807, 2.05) is 10.8 Å². The van der Waals surface area contributed by atoms with E-state index in [1.165, 1.54) is 6.42 Å². The third-order valence-corrected chi connectivity index (χ3v) is 3.33. The molecule has 6 heteroatoms. The molecule has 0 N–H and O–H groups in total. The number of rotatable bonds is 0. The Kier molecular flexibility index (Phi) is 1.42. The highest BCUT2D eigenvalue weighted by Crippen LogP contribution is 2.41. The summed E-state index contributed by atoms with van der Waals surface area (Å²) in [5.41, 5.74) is 0.987. The SMILES string of the molecule is c1ncc2c(n1)N1CCCC1c1nncn1-2. The molecule has 6 nitrogen and oxygen atoms in total. The van der Waals surface area contributed by atoms with Gasteiger partial charge in [-0.05, 0) is 12.8 Å². The standard InChI is InChI=1S/C10H10N6/c1-2-7-10-14-13-6-16(10)8-4-11-5-12-9(8)15(7)3-1/h4-7H,1-3H2. The molecule has 0 bridgehead atoms. The van der Waals surface area contributed by atoms with Gasteiger partial charge in [-0.25, -0.2) is 9.97 Å². The maximum atomic E-state index is 4.38. The van der Waals surface area contributed by atoms with Crippen molar-refractivity contribution >= 4 is 5.82 Å². The first-order valence-electron chi connectivity index (χ1n) is 5.42. The summed E-state index contributed by atoms with van der Waals surface area (Å²) in [5.74, 6) is 2.02. The van der Waals surface area contributed by atoms with Crippen molar-refractivity contribution in [1.82, 2.24) is 24.7 Å². The smallest absolute Gasteiger partial charge is 0.160 e. The molecular weight excluding hydrogens is 204 g/mol. The zero-order valence-electron chi connectivity index (χ0n) is 8.61. The third kappa shape index (κ3) is 0.868. The lowest BCUT2D eigenvalue weighted by molar-refractivity contribution is 0.620. The zero-order valence-corrected chi connectivity index (χ0v) is 8.61. The molecule has 80 valence electrons. The van der Waals surface area contributed by atoms with E-state index in [1.54, 1.807) is 12.7 Å². The first kappa shape index (κ1) is 8.20. The maximum Gasteiger partial charge on any atom is 0.160 e. The highest BCUT2D eigenvalue weighted by molar-refractivity contribution is 5.61. The Bertz CT molecular complexity index is 548. The summed E-state index contributed by atoms with van der Waals surface area (Å²) in [6.07, 6.45) is 7.48. The van der Waals surface area contributed by atoms with Gasteiger partial charge in [0.15, 0.2) is 11.6 Å². The Balaban J connectivity index is 2.04. The van der Waals surface area contributed by atoms with Crippen LogP contribution in [0.15, 0.2) is 18.9 Å². The largest absolute Gasteiger partial charge is 0.344 e. The zero-order chi connectivity index (χ0) is 10.5. The van der Waals surface area contributed by atoms with Crippen LogP contribution in [-0.2, 0) is 0 Å². The predicted octanol–water partition coefficient (Wildman–Crippen LogP) is 0.712. The second-order valence-corrected chi connectivity index (χ2v) is 4.14. The van der Waals surface area contributed by atoms with E-state index in [9.17, 15) is 0 Å². The molecule has 16 heavy (non-hydrogen) atoms. The minimum absolute atomic E-state index is 0.338. The number of hydrogen-bond acceptors (Lipinski definition) is 5. The van der Waals surface area contributed by atoms with Gasteiger partial charge in [-0.1, -0.05) is 0 Å². The number of aromatic nitrogens is 5. The lowest BCUT2D eigenvalue weighted by Gasteiger charge is -2.31. The fraction of sp³-hybridized carbons (Fsp3) is 0.400. The second kappa shape index (κ2) is 2.78. The van der Waals surface area contributed by atoms with Crippen LogP contribution in [0.4, 0.5) is 5.82 Å². The molecule has 1 saturated heterocycles. The molecule has 0 saturated carbocycles. The van der Waals surface area contributed by atoms with E-state index < -0.39 is 0 Å². The van der Waals surface area contributed by atoms with Gasteiger partial charge in [0.1, 0.15) is 18.3 Å². The quantitative estimate of drug-likeness (QED) is 0.646. The first-order valence-corrected chi connectivity index (χ1v) is 5.42. The summed E-state index contributed by atoms with van der Waals surface area (Å²) in [5, 5.41) is 8.21. The highest BCUT2D eigenvalue weighted by atomic mass is 15.4. The van der Waals surface area contributed by atoms with Crippen LogP contribution < -0.4 is 4.90 Å². The summed E-state index contributed by atoms with van der Waals surface area (Å²) in [7, 11) is 0. The van der Waals surface area contributed by atoms with Gasteiger partial charge < -0.3 is 4.90 Å². The molecule has 1 atom stereocenters. The van der Waals surface area contributed by atoms with Crippen molar-refractivity contribution in [3.05, 3.63) is 24.7 Å². The number of hydrogen-bond donors (Lipinski definition) is 0. The van der Waals surface area contributed by atoms with E-state index >= 15 is 0 Å². The molecule has 2 aliphatic heterocycles. The average Bonchev–Trinajstić information content (AvgIpc) is 2.98. The van der Waals surface area contributed by atoms with Gasteiger partial charge in [0.05, 0.1) is 12.2 Å². The van der Waals surface area contributed by atoms with Crippen LogP contribution in [0.1, 0.15) is 24.7 Å². The maximum absolute atomic E-state index is 4.38. The van der Waals surface area contributed by atoms with Gasteiger partial charge in [0.25, 0.3) is 0 Å². The van der Waals surface area contributed by atoms with Gasteiger partial charge in [0, 0.05) is 6.54 Å². The molecule has 2 aliphatic rings. The Morgan fingerprint density at radius 2 is 2.38 bits per heavy atom. The fourth-order valence-corrected chi connectivity index (χ4v) is 2.65. The first-order chi connectivity index (χ1) is 7.95. The molecule has 1 fully saturated rings. The van der Waals surface area contributed by atoms with E-state index in [0.717, 1.165) is 30.3 Å². The average molecular weight is 214 g/mol. The van der Waals surface area contributed by atoms with Crippen molar-refractivity contribution in [2.75, 3.05) is 11.4 Å². The molecule has 0 spiro atoms. The molecule has 2 aromatic heterocycles. The van der Waals surface area contributed by atoms with E-state index in [0.29, 0.717) is 6.04 Å². The molecule has 0 amide bonds. The lowest BCUT2D eigenvalue weighted by Crippen LogP contribution is -2.31. The summed E-state index contributed by atoms with van der Waals surface area (Å²) in [6, 6.07) is 0.338. The number of anilines is 1. The Labute approximate surface area is 92.0 Å². The van der Waals surface area contributed by atoms with Gasteiger partial charge in [-0.2, -0.15) is 0 Å². The van der Waals surface area contributed by atoms with Crippen LogP contribution in [0, 0.1) is 0 Å². The van der Waals surface area contributed by atoms with Crippen LogP contribution in [0.5, 0.6) is 0 Å². The second-order valence-electron chi connectivity index (χ2n) is 4.14. The normalized spacial score (nSPS) is 21.5. The molecule has 4 rings (SSSR count). The van der Waals surface area contributed by atoms with Crippen molar-refractivity contribution in [2.45, 2.75) is 18.9 Å². The van der Waals surface area contributed by atoms with Crippen molar-refractivity contribution in [3.8, 4) is 5.69 Å². The molecule has 0 aliphatic carbocycles. The summed E-state index contributed by atoms with van der Waals surface area (Å²) in [4.78, 5) is 10.8. The predicted molar refractivity (Wildman–Crippen MR) is 56.3 cm³/mol. The monoisotopic (exact) mass is 214 g/mol. The van der Waals surface area contributed by atoms with Crippen molar-refractivity contribution in [1.29, 1.82) is 0 Å². The third-order valence-electron chi connectivity index (χ3n) is 3.33. The van der Waals surface area contributed by atoms with E-state index in [4.69, 9.17) is 0 Å². The van der Waals surface area contributed by atoms with Gasteiger partial charge >= 0.3 is 0 Å². The molecule has 2 aromatic rings. The Morgan fingerprint density at radius 1 is 1.38 bits per heavy atom. The van der Waals surface area contributed by atoms with Gasteiger partial charge in [0.2, 0.25) is 0 Å². The van der Waals surface area contributed by atoms with Crippen LogP contribution >= 0.6 is 0 Å². The van der Waals surface area contributed by atoms with Crippen LogP contribution in [0.3, 0.4) is 0 Å². The number of nitrogens with zero attached hydrogens (tertiary/aromatic N) is 6. The van der Waals surface area contributed by atoms with Crippen molar-refractivity contribution < 1.29 is 0 Å². The summed E-state index contributed by atoms with van der Waals surface area (Å²) in [6.45, 7) is 1.04. The number of fused-ring (bicyclic) bond motifs is 6. The summed E-state index contributed by atoms with van der Waals surface area (Å²) >= 11 is 0. The molecule has 1 unspecified atom stereocenters. The van der Waals surface area contributed by atoms with Crippen LogP contribution in [0.2, 0.25) is 0 Å². The molecule has 4 heterocycles. The van der Waals surface area contributed by atoms with Gasteiger partial charge in [-0.15, -0.1) is 10.2 Å². The van der Waals surface area contributed by atoms with Crippen LogP contribution in [-0.4, -0.2) is 31.3 Å². The van der Waals surface area contributed by atoms with E-state index in [-0.39, 0.29) is 0 Å². The van der Waals surface area contributed by atoms with Crippen molar-refractivity contribution in [2.24, 2.45) is 0 Å². The fourth-order valence-electron chi connectivity index (χ4n) is 2.65. The minimum Gasteiger partial charge on any atom is -0.344 e. The van der Waals surface area contributed by atoms with Gasteiger partial charge in [-0.3, -0.25) is 4.57 Å². The molecular formula is C10H10N6. The minimum atomic E-state index is 0.338. The van der Waals surface area contributed by atoms with E-state index in [2.05, 4.69) is 25.1 Å². The van der Waals surface area contributed by atoms with Crippen molar-refractivity contribution in [3.63, 3.8) is 0 Å². The Morgan fingerprint density at radius 3 is 3.38 bits per heavy atom. The summed E-state index contributed by atoms with van der Waals surface area (Å²) < 4.78 is 2.00. The lowest BCUT2D eigenvalue weighted by atomic mass is 10.1. The highest BCUT2D eigenvalue weighted by Gasteiger charge is 2.36.